The maximum atomic E-state index is 6.27. The monoisotopic (exact) mass is 432 g/mol. The lowest BCUT2D eigenvalue weighted by Gasteiger charge is -2.13. The van der Waals surface area contributed by atoms with Gasteiger partial charge in [-0.1, -0.05) is 91.0 Å². The third-order valence-electron chi connectivity index (χ3n) is 5.58. The number of benzene rings is 4. The van der Waals surface area contributed by atoms with Crippen LogP contribution in [0.2, 0.25) is 0 Å². The number of ether oxygens (including phenoxy) is 2. The highest BCUT2D eigenvalue weighted by Crippen LogP contribution is 2.31. The normalized spacial score (nSPS) is 10.8. The molecule has 0 fully saturated rings. The van der Waals surface area contributed by atoms with Gasteiger partial charge in [-0.05, 0) is 17.2 Å². The molecule has 1 aromatic heterocycles. The number of hydrogen-bond acceptors (Lipinski definition) is 2. The smallest absolute Gasteiger partial charge is 0.177 e. The average Bonchev–Trinajstić information content (AvgIpc) is 2.88. The van der Waals surface area contributed by atoms with Gasteiger partial charge in [0.25, 0.3) is 0 Å². The van der Waals surface area contributed by atoms with Crippen LogP contribution in [-0.2, 0) is 19.8 Å². The van der Waals surface area contributed by atoms with Crippen LogP contribution in [0.4, 0.5) is 0 Å². The van der Waals surface area contributed by atoms with Crippen molar-refractivity contribution in [2.75, 3.05) is 0 Å². The van der Waals surface area contributed by atoms with Crippen molar-refractivity contribution in [1.82, 2.24) is 0 Å². The quantitative estimate of drug-likeness (QED) is 0.267. The Kier molecular flexibility index (Phi) is 6.30. The number of aromatic nitrogens is 1. The van der Waals surface area contributed by atoms with Crippen LogP contribution in [0.25, 0.3) is 10.8 Å². The average molecular weight is 433 g/mol. The minimum Gasteiger partial charge on any atom is -0.489 e. The Morgan fingerprint density at radius 2 is 1.15 bits per heavy atom. The summed E-state index contributed by atoms with van der Waals surface area (Å²) in [7, 11) is 0. The molecule has 0 unspecified atom stereocenters. The van der Waals surface area contributed by atoms with Crippen LogP contribution in [0.1, 0.15) is 16.7 Å². The van der Waals surface area contributed by atoms with Crippen molar-refractivity contribution in [3.8, 4) is 11.5 Å². The molecule has 0 aliphatic rings. The first-order valence-electron chi connectivity index (χ1n) is 11.2. The fourth-order valence-corrected chi connectivity index (χ4v) is 3.87. The third-order valence-corrected chi connectivity index (χ3v) is 5.58. The summed E-state index contributed by atoms with van der Waals surface area (Å²) in [6, 6.07) is 37.1. The summed E-state index contributed by atoms with van der Waals surface area (Å²) in [5, 5.41) is 2.16. The van der Waals surface area contributed by atoms with E-state index in [1.165, 1.54) is 5.56 Å². The van der Waals surface area contributed by atoms with Crippen molar-refractivity contribution in [3.63, 3.8) is 0 Å². The minimum absolute atomic E-state index is 0.511. The summed E-state index contributed by atoms with van der Waals surface area (Å²) in [5.74, 6) is 1.62. The summed E-state index contributed by atoms with van der Waals surface area (Å²) in [6.45, 7) is 1.84. The van der Waals surface area contributed by atoms with Gasteiger partial charge < -0.3 is 9.47 Å². The van der Waals surface area contributed by atoms with Gasteiger partial charge in [0.1, 0.15) is 24.7 Å². The molecule has 0 atom stereocenters. The Labute approximate surface area is 194 Å². The third kappa shape index (κ3) is 5.39. The van der Waals surface area contributed by atoms with Gasteiger partial charge in [-0.2, -0.15) is 0 Å². The highest BCUT2D eigenvalue weighted by atomic mass is 16.5. The fourth-order valence-electron chi connectivity index (χ4n) is 3.87. The first-order valence-corrected chi connectivity index (χ1v) is 11.2. The molecule has 3 heteroatoms. The summed E-state index contributed by atoms with van der Waals surface area (Å²) in [5.41, 5.74) is 3.53. The number of hydrogen-bond donors (Lipinski definition) is 0. The van der Waals surface area contributed by atoms with Crippen molar-refractivity contribution >= 4 is 10.8 Å². The molecule has 4 aromatic carbocycles. The van der Waals surface area contributed by atoms with Crippen molar-refractivity contribution < 1.29 is 14.0 Å². The zero-order valence-electron chi connectivity index (χ0n) is 18.4. The van der Waals surface area contributed by atoms with Crippen LogP contribution in [0.15, 0.2) is 122 Å². The van der Waals surface area contributed by atoms with Crippen LogP contribution >= 0.6 is 0 Å². The predicted molar refractivity (Wildman–Crippen MR) is 131 cm³/mol. The predicted octanol–water partition coefficient (Wildman–Crippen LogP) is 6.33. The summed E-state index contributed by atoms with van der Waals surface area (Å²) >= 11 is 0. The highest BCUT2D eigenvalue weighted by Gasteiger charge is 2.12. The van der Waals surface area contributed by atoms with Gasteiger partial charge in [-0.25, -0.2) is 4.57 Å². The molecule has 0 spiro atoms. The molecule has 0 aliphatic carbocycles. The lowest BCUT2D eigenvalue weighted by Crippen LogP contribution is -2.33. The lowest BCUT2D eigenvalue weighted by molar-refractivity contribution is -0.687. The van der Waals surface area contributed by atoms with Crippen LogP contribution in [-0.4, -0.2) is 0 Å². The number of nitrogens with zero attached hydrogens (tertiary/aromatic N) is 1. The van der Waals surface area contributed by atoms with E-state index in [0.717, 1.165) is 39.9 Å². The Bertz CT molecular complexity index is 1320. The minimum atomic E-state index is 0.511. The second kappa shape index (κ2) is 10.0. The zero-order chi connectivity index (χ0) is 22.3. The highest BCUT2D eigenvalue weighted by molar-refractivity contribution is 5.88. The molecular formula is C30H26NO2+. The number of rotatable bonds is 8. The van der Waals surface area contributed by atoms with E-state index in [4.69, 9.17) is 9.47 Å². The molecule has 3 nitrogen and oxygen atoms in total. The van der Waals surface area contributed by atoms with Crippen LogP contribution < -0.4 is 14.0 Å². The second-order valence-corrected chi connectivity index (χ2v) is 8.08. The van der Waals surface area contributed by atoms with Crippen LogP contribution in [0.5, 0.6) is 11.5 Å². The van der Waals surface area contributed by atoms with E-state index in [1.54, 1.807) is 0 Å². The van der Waals surface area contributed by atoms with Gasteiger partial charge in [-0.15, -0.1) is 0 Å². The first kappa shape index (κ1) is 20.8. The van der Waals surface area contributed by atoms with Crippen molar-refractivity contribution in [3.05, 3.63) is 138 Å². The van der Waals surface area contributed by atoms with Crippen molar-refractivity contribution in [1.29, 1.82) is 0 Å². The van der Waals surface area contributed by atoms with E-state index in [1.807, 2.05) is 48.5 Å². The number of fused-ring (bicyclic) bond motifs is 1. The lowest BCUT2D eigenvalue weighted by atomic mass is 10.1. The SMILES string of the molecule is c1ccc(COc2cc(OCc3ccccc3)c3cc[n+](Cc4ccccc4)cc3c2)cc1. The van der Waals surface area contributed by atoms with E-state index < -0.39 is 0 Å². The summed E-state index contributed by atoms with van der Waals surface area (Å²) in [4.78, 5) is 0. The molecule has 0 saturated carbocycles. The van der Waals surface area contributed by atoms with Gasteiger partial charge in [0.05, 0.1) is 5.39 Å². The van der Waals surface area contributed by atoms with Crippen molar-refractivity contribution in [2.45, 2.75) is 19.8 Å². The molecule has 0 amide bonds. The van der Waals surface area contributed by atoms with Gasteiger partial charge in [0.15, 0.2) is 18.9 Å². The van der Waals surface area contributed by atoms with Gasteiger partial charge >= 0.3 is 0 Å². The van der Waals surface area contributed by atoms with Gasteiger partial charge in [0, 0.05) is 23.1 Å². The molecule has 33 heavy (non-hydrogen) atoms. The second-order valence-electron chi connectivity index (χ2n) is 8.08. The largest absolute Gasteiger partial charge is 0.489 e. The van der Waals surface area contributed by atoms with Gasteiger partial charge in [-0.3, -0.25) is 0 Å². The molecular weight excluding hydrogens is 406 g/mol. The Morgan fingerprint density at radius 3 is 1.79 bits per heavy atom. The molecule has 0 bridgehead atoms. The van der Waals surface area contributed by atoms with Crippen LogP contribution in [0, 0.1) is 0 Å². The maximum Gasteiger partial charge on any atom is 0.177 e. The Balaban J connectivity index is 1.45. The van der Waals surface area contributed by atoms with E-state index in [9.17, 15) is 0 Å². The fraction of sp³-hybridized carbons (Fsp3) is 0.100. The molecule has 5 rings (SSSR count). The van der Waals surface area contributed by atoms with E-state index >= 15 is 0 Å². The Morgan fingerprint density at radius 1 is 0.576 bits per heavy atom. The molecule has 0 N–H and O–H groups in total. The van der Waals surface area contributed by atoms with Gasteiger partial charge in [0.2, 0.25) is 0 Å². The molecule has 0 saturated heterocycles. The molecule has 162 valence electrons. The maximum absolute atomic E-state index is 6.27. The van der Waals surface area contributed by atoms with Crippen molar-refractivity contribution in [2.24, 2.45) is 0 Å². The zero-order valence-corrected chi connectivity index (χ0v) is 18.4. The van der Waals surface area contributed by atoms with E-state index in [0.29, 0.717) is 13.2 Å². The van der Waals surface area contributed by atoms with Crippen LogP contribution in [0.3, 0.4) is 0 Å². The molecule has 1 heterocycles. The molecule has 0 aliphatic heterocycles. The Hall–Kier alpha value is -4.11. The van der Waals surface area contributed by atoms with E-state index in [2.05, 4.69) is 77.6 Å². The summed E-state index contributed by atoms with van der Waals surface area (Å²) in [6.07, 6.45) is 4.27. The van der Waals surface area contributed by atoms with E-state index in [-0.39, 0.29) is 0 Å². The number of pyridine rings is 1. The topological polar surface area (TPSA) is 22.3 Å². The summed E-state index contributed by atoms with van der Waals surface area (Å²) < 4.78 is 14.6. The first-order chi connectivity index (χ1) is 16.3. The molecule has 0 radical (unpaired) electrons. The molecule has 5 aromatic rings. The standard InChI is InChI=1S/C30H26NO2/c1-4-10-24(11-5-1)20-31-17-16-29-27(21-31)18-28(32-22-25-12-6-2-7-13-25)19-30(29)33-23-26-14-8-3-9-15-26/h1-19,21H,20,22-23H2/q+1.